The molecule has 0 aliphatic carbocycles. The van der Waals surface area contributed by atoms with Crippen molar-refractivity contribution in [3.05, 3.63) is 88.4 Å². The average molecular weight is 564 g/mol. The van der Waals surface area contributed by atoms with E-state index in [2.05, 4.69) is 5.32 Å². The SMILES string of the molecule is CNC(=O)[C@H](C)N(Cc1c(Cl)cccc1Cl)C(=O)CN(c1ccc(Oc2ccccc2)cc1)S(C)(=O)=O. The maximum absolute atomic E-state index is 13.5. The van der Waals surface area contributed by atoms with Crippen LogP contribution >= 0.6 is 23.2 Å². The summed E-state index contributed by atoms with van der Waals surface area (Å²) in [6, 6.07) is 19.4. The largest absolute Gasteiger partial charge is 0.457 e. The van der Waals surface area contributed by atoms with E-state index in [9.17, 15) is 18.0 Å². The summed E-state index contributed by atoms with van der Waals surface area (Å²) in [7, 11) is -2.42. The quantitative estimate of drug-likeness (QED) is 0.385. The average Bonchev–Trinajstić information content (AvgIpc) is 2.86. The number of hydrogen-bond donors (Lipinski definition) is 1. The van der Waals surface area contributed by atoms with E-state index in [1.165, 1.54) is 11.9 Å². The van der Waals surface area contributed by atoms with Crippen LogP contribution in [0, 0.1) is 0 Å². The molecule has 0 spiro atoms. The summed E-state index contributed by atoms with van der Waals surface area (Å²) >= 11 is 12.6. The minimum Gasteiger partial charge on any atom is -0.457 e. The van der Waals surface area contributed by atoms with Gasteiger partial charge in [-0.05, 0) is 55.5 Å². The third kappa shape index (κ3) is 7.38. The predicted molar refractivity (Wildman–Crippen MR) is 146 cm³/mol. The van der Waals surface area contributed by atoms with E-state index in [1.807, 2.05) is 18.2 Å². The van der Waals surface area contributed by atoms with Crippen LogP contribution in [0.25, 0.3) is 0 Å². The molecule has 37 heavy (non-hydrogen) atoms. The maximum atomic E-state index is 13.5. The van der Waals surface area contributed by atoms with Crippen molar-refractivity contribution in [3.63, 3.8) is 0 Å². The van der Waals surface area contributed by atoms with E-state index in [-0.39, 0.29) is 12.2 Å². The van der Waals surface area contributed by atoms with E-state index >= 15 is 0 Å². The van der Waals surface area contributed by atoms with Gasteiger partial charge in [-0.3, -0.25) is 13.9 Å². The number of para-hydroxylation sites is 1. The molecule has 0 unspecified atom stereocenters. The van der Waals surface area contributed by atoms with E-state index in [0.717, 1.165) is 10.6 Å². The lowest BCUT2D eigenvalue weighted by atomic mass is 10.1. The fraction of sp³-hybridized carbons (Fsp3) is 0.231. The molecule has 0 fully saturated rings. The number of amides is 2. The second-order valence-electron chi connectivity index (χ2n) is 8.19. The molecule has 0 aliphatic heterocycles. The van der Waals surface area contributed by atoms with Crippen LogP contribution in [-0.4, -0.2) is 51.0 Å². The van der Waals surface area contributed by atoms with Gasteiger partial charge < -0.3 is 15.0 Å². The zero-order chi connectivity index (χ0) is 27.2. The van der Waals surface area contributed by atoms with E-state index in [4.69, 9.17) is 27.9 Å². The number of carbonyl (C=O) groups is 2. The van der Waals surface area contributed by atoms with Crippen molar-refractivity contribution in [3.8, 4) is 11.5 Å². The van der Waals surface area contributed by atoms with Crippen LogP contribution in [0.2, 0.25) is 10.0 Å². The Morgan fingerprint density at radius 2 is 1.49 bits per heavy atom. The first-order chi connectivity index (χ1) is 17.5. The number of halogens is 2. The normalized spacial score (nSPS) is 11.9. The van der Waals surface area contributed by atoms with Crippen molar-refractivity contribution in [2.75, 3.05) is 24.2 Å². The topological polar surface area (TPSA) is 96.0 Å². The highest BCUT2D eigenvalue weighted by Gasteiger charge is 2.30. The second-order valence-corrected chi connectivity index (χ2v) is 10.9. The molecule has 0 bridgehead atoms. The Morgan fingerprint density at radius 1 is 0.919 bits per heavy atom. The van der Waals surface area contributed by atoms with Gasteiger partial charge >= 0.3 is 0 Å². The molecule has 3 aromatic rings. The number of nitrogens with one attached hydrogen (secondary N) is 1. The lowest BCUT2D eigenvalue weighted by Gasteiger charge is -2.31. The Kier molecular flexibility index (Phi) is 9.42. The van der Waals surface area contributed by atoms with Crippen molar-refractivity contribution in [2.24, 2.45) is 0 Å². The standard InChI is InChI=1S/C26H27Cl2N3O5S/c1-18(26(33)29-2)30(16-22-23(27)10-7-11-24(22)28)25(32)17-31(37(3,34)35)19-12-14-21(15-13-19)36-20-8-5-4-6-9-20/h4-15,18H,16-17H2,1-3H3,(H,29,33)/t18-/m0/s1. The Balaban J connectivity index is 1.89. The highest BCUT2D eigenvalue weighted by molar-refractivity contribution is 7.92. The Labute approximate surface area is 226 Å². The lowest BCUT2D eigenvalue weighted by molar-refractivity contribution is -0.139. The molecule has 2 amide bonds. The van der Waals surface area contributed by atoms with Gasteiger partial charge in [0.05, 0.1) is 11.9 Å². The maximum Gasteiger partial charge on any atom is 0.244 e. The van der Waals surface area contributed by atoms with Gasteiger partial charge in [-0.2, -0.15) is 0 Å². The summed E-state index contributed by atoms with van der Waals surface area (Å²) < 4.78 is 32.1. The zero-order valence-corrected chi connectivity index (χ0v) is 22.8. The molecule has 0 radical (unpaired) electrons. The van der Waals surface area contributed by atoms with E-state index < -0.39 is 34.4 Å². The fourth-order valence-corrected chi connectivity index (χ4v) is 4.93. The van der Waals surface area contributed by atoms with Gasteiger partial charge in [-0.25, -0.2) is 8.42 Å². The van der Waals surface area contributed by atoms with Gasteiger partial charge in [0.25, 0.3) is 0 Å². The highest BCUT2D eigenvalue weighted by Crippen LogP contribution is 2.28. The van der Waals surface area contributed by atoms with Crippen LogP contribution in [0.3, 0.4) is 0 Å². The van der Waals surface area contributed by atoms with Crippen LogP contribution < -0.4 is 14.4 Å². The highest BCUT2D eigenvalue weighted by atomic mass is 35.5. The summed E-state index contributed by atoms with van der Waals surface area (Å²) in [5.41, 5.74) is 0.711. The van der Waals surface area contributed by atoms with Crippen molar-refractivity contribution < 1.29 is 22.7 Å². The third-order valence-corrected chi connectivity index (χ3v) is 7.44. The summed E-state index contributed by atoms with van der Waals surface area (Å²) in [6.45, 7) is 0.913. The Morgan fingerprint density at radius 3 is 2.03 bits per heavy atom. The molecule has 1 atom stereocenters. The summed E-state index contributed by atoms with van der Waals surface area (Å²) in [5.74, 6) is 0.0902. The number of sulfonamides is 1. The Bertz CT molecular complexity index is 1330. The Hall–Kier alpha value is -3.27. The van der Waals surface area contributed by atoms with Gasteiger partial charge in [0.2, 0.25) is 21.8 Å². The van der Waals surface area contributed by atoms with Crippen molar-refractivity contribution >= 4 is 50.7 Å². The zero-order valence-electron chi connectivity index (χ0n) is 20.5. The first kappa shape index (κ1) is 28.3. The van der Waals surface area contributed by atoms with Gasteiger partial charge in [-0.1, -0.05) is 47.5 Å². The number of carbonyl (C=O) groups excluding carboxylic acids is 2. The van der Waals surface area contributed by atoms with Gasteiger partial charge in [0.15, 0.2) is 0 Å². The molecule has 8 nitrogen and oxygen atoms in total. The van der Waals surface area contributed by atoms with Crippen molar-refractivity contribution in [1.82, 2.24) is 10.2 Å². The molecular weight excluding hydrogens is 537 g/mol. The van der Waals surface area contributed by atoms with E-state index in [1.54, 1.807) is 61.5 Å². The number of hydrogen-bond acceptors (Lipinski definition) is 5. The molecule has 196 valence electrons. The molecule has 0 saturated carbocycles. The number of ether oxygens (including phenoxy) is 1. The molecule has 0 heterocycles. The van der Waals surface area contributed by atoms with Gasteiger partial charge in [-0.15, -0.1) is 0 Å². The molecular formula is C26H27Cl2N3O5S. The second kappa shape index (κ2) is 12.3. The first-order valence-electron chi connectivity index (χ1n) is 11.3. The van der Waals surface area contributed by atoms with Gasteiger partial charge in [0.1, 0.15) is 24.1 Å². The minimum atomic E-state index is -3.87. The molecule has 3 rings (SSSR count). The smallest absolute Gasteiger partial charge is 0.244 e. The molecule has 0 aliphatic rings. The molecule has 1 N–H and O–H groups in total. The minimum absolute atomic E-state index is 0.0899. The summed E-state index contributed by atoms with van der Waals surface area (Å²) in [4.78, 5) is 27.2. The number of benzene rings is 3. The van der Waals surface area contributed by atoms with Crippen LogP contribution in [0.15, 0.2) is 72.8 Å². The monoisotopic (exact) mass is 563 g/mol. The number of anilines is 1. The van der Waals surface area contributed by atoms with E-state index in [0.29, 0.717) is 27.1 Å². The molecule has 11 heteroatoms. The lowest BCUT2D eigenvalue weighted by Crippen LogP contribution is -2.50. The number of nitrogens with zero attached hydrogens (tertiary/aromatic N) is 2. The summed E-state index contributed by atoms with van der Waals surface area (Å²) in [5, 5.41) is 3.16. The first-order valence-corrected chi connectivity index (χ1v) is 13.9. The molecule has 0 aromatic heterocycles. The van der Waals surface area contributed by atoms with Gasteiger partial charge in [0, 0.05) is 29.2 Å². The molecule has 0 saturated heterocycles. The summed E-state index contributed by atoms with van der Waals surface area (Å²) in [6.07, 6.45) is 1.01. The number of likely N-dealkylation sites (N-methyl/N-ethyl adjacent to an activating group) is 1. The van der Waals surface area contributed by atoms with Crippen LogP contribution in [0.4, 0.5) is 5.69 Å². The fourth-order valence-electron chi connectivity index (χ4n) is 3.56. The van der Waals surface area contributed by atoms with Crippen molar-refractivity contribution in [1.29, 1.82) is 0 Å². The molecule has 3 aromatic carbocycles. The van der Waals surface area contributed by atoms with Crippen molar-refractivity contribution in [2.45, 2.75) is 19.5 Å². The van der Waals surface area contributed by atoms with Crippen LogP contribution in [0.5, 0.6) is 11.5 Å². The van der Waals surface area contributed by atoms with Crippen LogP contribution in [0.1, 0.15) is 12.5 Å². The van der Waals surface area contributed by atoms with Crippen LogP contribution in [-0.2, 0) is 26.2 Å². The predicted octanol–water partition coefficient (Wildman–Crippen LogP) is 4.72. The number of rotatable bonds is 10. The third-order valence-electron chi connectivity index (χ3n) is 5.59.